The van der Waals surface area contributed by atoms with E-state index in [0.29, 0.717) is 0 Å². The summed E-state index contributed by atoms with van der Waals surface area (Å²) in [6, 6.07) is 0. The smallest absolute Gasteiger partial charge is 0.234 e. The zero-order valence-corrected chi connectivity index (χ0v) is 9.56. The summed E-state index contributed by atoms with van der Waals surface area (Å²) in [6.45, 7) is -2.49. The highest BCUT2D eigenvalue weighted by atomic mass is 19.4. The van der Waals surface area contributed by atoms with E-state index < -0.39 is 60.7 Å². The van der Waals surface area contributed by atoms with Gasteiger partial charge in [0.05, 0.1) is 0 Å². The molecule has 0 aliphatic carbocycles. The Morgan fingerprint density at radius 2 is 0.950 bits per heavy atom. The largest absolute Gasteiger partial charge is 0.489 e. The van der Waals surface area contributed by atoms with Crippen molar-refractivity contribution in [1.29, 1.82) is 0 Å². The zero-order valence-electron chi connectivity index (χ0n) is 9.56. The molecule has 4 nitrogen and oxygen atoms in total. The summed E-state index contributed by atoms with van der Waals surface area (Å²) in [5.74, 6) is 0. The van der Waals surface area contributed by atoms with Gasteiger partial charge in [-0.3, -0.25) is 0 Å². The van der Waals surface area contributed by atoms with Crippen molar-refractivity contribution in [3.05, 3.63) is 0 Å². The van der Waals surface area contributed by atoms with E-state index >= 15 is 0 Å². The highest BCUT2D eigenvalue weighted by Crippen LogP contribution is 2.24. The molecule has 0 radical (unpaired) electrons. The van der Waals surface area contributed by atoms with Crippen molar-refractivity contribution in [2.45, 2.75) is 25.4 Å². The molecule has 20 heavy (non-hydrogen) atoms. The lowest BCUT2D eigenvalue weighted by molar-refractivity contribution is -0.230. The maximum atomic E-state index is 12.0. The first-order valence-electron chi connectivity index (χ1n) is 4.95. The Hall–Kier alpha value is -1.62. The van der Waals surface area contributed by atoms with Crippen LogP contribution in [0.4, 0.5) is 44.7 Å². The van der Waals surface area contributed by atoms with Crippen LogP contribution in [0.5, 0.6) is 0 Å². The third-order valence-electron chi connectivity index (χ3n) is 2.05. The molecule has 0 aromatic heterocycles. The molecule has 0 N–H and O–H groups in total. The molecule has 0 saturated heterocycles. The minimum absolute atomic E-state index is 0.713. The van der Waals surface area contributed by atoms with E-state index in [-0.39, 0.29) is 0 Å². The molecule has 0 fully saturated rings. The summed E-state index contributed by atoms with van der Waals surface area (Å²) in [6.07, 6.45) is -17.7. The van der Waals surface area contributed by atoms with Crippen LogP contribution in [-0.2, 0) is 0 Å². The monoisotopic (exact) mass is 316 g/mol. The lowest BCUT2D eigenvalue weighted by atomic mass is 10.3. The summed E-state index contributed by atoms with van der Waals surface area (Å²) >= 11 is 0. The Balaban J connectivity index is 4.37. The molecule has 118 valence electrons. The second kappa shape index (κ2) is 6.70. The molecule has 0 aromatic carbocycles. The molecule has 0 atom stereocenters. The predicted molar refractivity (Wildman–Crippen MR) is 47.8 cm³/mol. The van der Waals surface area contributed by atoms with E-state index in [1.807, 2.05) is 0 Å². The Labute approximate surface area is 106 Å². The fourth-order valence-electron chi connectivity index (χ4n) is 1.17. The third kappa shape index (κ3) is 6.02. The first-order chi connectivity index (χ1) is 8.87. The van der Waals surface area contributed by atoms with Crippen molar-refractivity contribution < 1.29 is 44.7 Å². The molecule has 2 amide bonds. The molecular formula is C8H8F8N2O2. The fraction of sp³-hybridized carbons (Fsp3) is 0.750. The van der Waals surface area contributed by atoms with Crippen LogP contribution in [0, 0.1) is 0 Å². The molecule has 12 heteroatoms. The lowest BCUT2D eigenvalue weighted by Gasteiger charge is -2.23. The molecule has 0 bridgehead atoms. The van der Waals surface area contributed by atoms with E-state index in [1.54, 1.807) is 0 Å². The van der Waals surface area contributed by atoms with E-state index in [2.05, 4.69) is 0 Å². The summed E-state index contributed by atoms with van der Waals surface area (Å²) in [4.78, 5) is 17.7. The first kappa shape index (κ1) is 18.4. The summed E-state index contributed by atoms with van der Waals surface area (Å²) in [7, 11) is 0. The highest BCUT2D eigenvalue weighted by molar-refractivity contribution is 5.66. The summed E-state index contributed by atoms with van der Waals surface area (Å²) < 4.78 is 96.3. The standard InChI is InChI=1S/C8H8F8N2O2/c9-5(19)17(7(11,12)13)3-1-2-4-18(6(10)20)8(14,15)16/h1-4H2. The molecule has 0 aliphatic heterocycles. The second-order valence-electron chi connectivity index (χ2n) is 3.45. The van der Waals surface area contributed by atoms with Gasteiger partial charge in [0, 0.05) is 13.1 Å². The van der Waals surface area contributed by atoms with Crippen molar-refractivity contribution in [3.63, 3.8) is 0 Å². The average Bonchev–Trinajstić information content (AvgIpc) is 2.17. The average molecular weight is 316 g/mol. The van der Waals surface area contributed by atoms with Crippen LogP contribution in [-0.4, -0.2) is 47.8 Å². The molecular weight excluding hydrogens is 308 g/mol. The Morgan fingerprint density at radius 3 is 1.10 bits per heavy atom. The normalized spacial score (nSPS) is 12.2. The van der Waals surface area contributed by atoms with Gasteiger partial charge >= 0.3 is 24.9 Å². The van der Waals surface area contributed by atoms with Crippen LogP contribution in [0.2, 0.25) is 0 Å². The van der Waals surface area contributed by atoms with Crippen LogP contribution in [0.1, 0.15) is 12.8 Å². The Bertz CT molecular complexity index is 319. The number of nitrogens with zero attached hydrogens (tertiary/aromatic N) is 2. The molecule has 0 unspecified atom stereocenters. The number of amides is 2. The van der Waals surface area contributed by atoms with Gasteiger partial charge in [0.1, 0.15) is 0 Å². The highest BCUT2D eigenvalue weighted by Gasteiger charge is 2.42. The van der Waals surface area contributed by atoms with Gasteiger partial charge < -0.3 is 0 Å². The minimum Gasteiger partial charge on any atom is -0.234 e. The molecule has 0 spiro atoms. The molecule has 0 aliphatic rings. The molecule has 0 rings (SSSR count). The molecule has 0 saturated carbocycles. The lowest BCUT2D eigenvalue weighted by Crippen LogP contribution is -2.42. The second-order valence-corrected chi connectivity index (χ2v) is 3.45. The van der Waals surface area contributed by atoms with Crippen LogP contribution >= 0.6 is 0 Å². The topological polar surface area (TPSA) is 40.6 Å². The van der Waals surface area contributed by atoms with Gasteiger partial charge in [-0.05, 0) is 12.8 Å². The number of unbranched alkanes of at least 4 members (excludes halogenated alkanes) is 1. The SMILES string of the molecule is O=C(F)N(CCCCN(C(=O)F)C(F)(F)F)C(F)(F)F. The van der Waals surface area contributed by atoms with Crippen molar-refractivity contribution >= 4 is 12.3 Å². The maximum Gasteiger partial charge on any atom is 0.489 e. The van der Waals surface area contributed by atoms with Gasteiger partial charge in [-0.1, -0.05) is 0 Å². The first-order valence-corrected chi connectivity index (χ1v) is 4.95. The predicted octanol–water partition coefficient (Wildman–Crippen LogP) is 3.59. The van der Waals surface area contributed by atoms with E-state index in [0.717, 1.165) is 0 Å². The summed E-state index contributed by atoms with van der Waals surface area (Å²) in [5.41, 5.74) is 0. The van der Waals surface area contributed by atoms with Gasteiger partial charge in [-0.15, -0.1) is 35.1 Å². The zero-order chi connectivity index (χ0) is 16.1. The summed E-state index contributed by atoms with van der Waals surface area (Å²) in [5, 5.41) is 0. The van der Waals surface area contributed by atoms with Gasteiger partial charge in [0.25, 0.3) is 0 Å². The van der Waals surface area contributed by atoms with Gasteiger partial charge in [-0.25, -0.2) is 19.4 Å². The Kier molecular flexibility index (Phi) is 6.16. The van der Waals surface area contributed by atoms with E-state index in [1.165, 1.54) is 0 Å². The van der Waals surface area contributed by atoms with E-state index in [9.17, 15) is 44.7 Å². The van der Waals surface area contributed by atoms with Crippen molar-refractivity contribution in [3.8, 4) is 0 Å². The van der Waals surface area contributed by atoms with Crippen LogP contribution in [0.25, 0.3) is 0 Å². The quantitative estimate of drug-likeness (QED) is 0.337. The Morgan fingerprint density at radius 1 is 0.700 bits per heavy atom. The number of alkyl halides is 6. The van der Waals surface area contributed by atoms with E-state index in [4.69, 9.17) is 0 Å². The number of hydrogen-bond donors (Lipinski definition) is 0. The number of halogens is 8. The third-order valence-corrected chi connectivity index (χ3v) is 2.05. The fourth-order valence-corrected chi connectivity index (χ4v) is 1.17. The number of rotatable bonds is 5. The van der Waals surface area contributed by atoms with Crippen molar-refractivity contribution in [2.24, 2.45) is 0 Å². The van der Waals surface area contributed by atoms with Gasteiger partial charge in [0.2, 0.25) is 0 Å². The van der Waals surface area contributed by atoms with Crippen LogP contribution in [0.15, 0.2) is 0 Å². The van der Waals surface area contributed by atoms with Crippen LogP contribution in [0.3, 0.4) is 0 Å². The van der Waals surface area contributed by atoms with Crippen LogP contribution < -0.4 is 0 Å². The molecule has 0 aromatic rings. The number of carbonyl (C=O) groups is 2. The van der Waals surface area contributed by atoms with Gasteiger partial charge in [0.15, 0.2) is 0 Å². The maximum absolute atomic E-state index is 12.0. The van der Waals surface area contributed by atoms with Crippen molar-refractivity contribution in [2.75, 3.05) is 13.1 Å². The molecule has 0 heterocycles. The number of hydrogen-bond acceptors (Lipinski definition) is 2. The number of carbonyl (C=O) groups excluding carboxylic acids is 2. The minimum atomic E-state index is -5.31. The van der Waals surface area contributed by atoms with Gasteiger partial charge in [-0.2, -0.15) is 0 Å². The van der Waals surface area contributed by atoms with Crippen molar-refractivity contribution in [1.82, 2.24) is 9.80 Å².